The topological polar surface area (TPSA) is 24.9 Å². The molecule has 0 aliphatic heterocycles. The third-order valence-corrected chi connectivity index (χ3v) is 5.42. The number of nitrogens with zero attached hydrogens (tertiary/aromatic N) is 1. The molecule has 1 N–H and O–H groups in total. The number of thiazole rings is 1. The summed E-state index contributed by atoms with van der Waals surface area (Å²) >= 11 is 1.48. The van der Waals surface area contributed by atoms with Crippen LogP contribution in [0.3, 0.4) is 0 Å². The first-order valence-corrected chi connectivity index (χ1v) is 8.18. The third-order valence-electron chi connectivity index (χ3n) is 4.37. The van der Waals surface area contributed by atoms with Crippen LogP contribution in [-0.2, 0) is 11.0 Å². The lowest BCUT2D eigenvalue weighted by Crippen LogP contribution is -2.47. The molecular formula is C15H23F3N2S. The van der Waals surface area contributed by atoms with E-state index in [2.05, 4.69) is 31.1 Å². The summed E-state index contributed by atoms with van der Waals surface area (Å²) in [6, 6.07) is 0. The van der Waals surface area contributed by atoms with Crippen LogP contribution < -0.4 is 5.32 Å². The van der Waals surface area contributed by atoms with Crippen LogP contribution in [0.1, 0.15) is 57.2 Å². The lowest BCUT2D eigenvalue weighted by atomic mass is 9.75. The van der Waals surface area contributed by atoms with Crippen LogP contribution in [0.25, 0.3) is 0 Å². The maximum Gasteiger partial charge on any atom is 0.391 e. The fourth-order valence-corrected chi connectivity index (χ4v) is 4.21. The van der Waals surface area contributed by atoms with Gasteiger partial charge in [-0.3, -0.25) is 0 Å². The third kappa shape index (κ3) is 3.42. The standard InChI is InChI=1S/C15H23F3N2S/c1-13(2,3)11-9-21-12(20-11)14(19-4)7-5-6-10(8-14)15(16,17)18/h9-10,19H,5-8H2,1-4H3. The predicted octanol–water partition coefficient (Wildman–Crippen LogP) is 4.61. The van der Waals surface area contributed by atoms with Gasteiger partial charge in [0.15, 0.2) is 0 Å². The van der Waals surface area contributed by atoms with Gasteiger partial charge >= 0.3 is 6.18 Å². The van der Waals surface area contributed by atoms with E-state index < -0.39 is 17.6 Å². The van der Waals surface area contributed by atoms with Crippen LogP contribution >= 0.6 is 11.3 Å². The van der Waals surface area contributed by atoms with Gasteiger partial charge in [-0.2, -0.15) is 13.2 Å². The van der Waals surface area contributed by atoms with Gasteiger partial charge in [-0.1, -0.05) is 27.2 Å². The highest BCUT2D eigenvalue weighted by molar-refractivity contribution is 7.09. The number of hydrogen-bond donors (Lipinski definition) is 1. The van der Waals surface area contributed by atoms with E-state index in [0.717, 1.165) is 10.7 Å². The molecule has 1 aromatic rings. The van der Waals surface area contributed by atoms with Crippen molar-refractivity contribution in [2.75, 3.05) is 7.05 Å². The Bertz CT molecular complexity index is 490. The number of hydrogen-bond acceptors (Lipinski definition) is 3. The molecule has 120 valence electrons. The van der Waals surface area contributed by atoms with Crippen molar-refractivity contribution in [3.8, 4) is 0 Å². The molecule has 6 heteroatoms. The van der Waals surface area contributed by atoms with E-state index in [1.807, 2.05) is 5.38 Å². The second-order valence-corrected chi connectivity index (χ2v) is 7.81. The van der Waals surface area contributed by atoms with E-state index >= 15 is 0 Å². The highest BCUT2D eigenvalue weighted by Crippen LogP contribution is 2.47. The molecule has 0 radical (unpaired) electrons. The van der Waals surface area contributed by atoms with Crippen molar-refractivity contribution in [3.05, 3.63) is 16.1 Å². The maximum atomic E-state index is 13.1. The molecule has 2 atom stereocenters. The Morgan fingerprint density at radius 3 is 2.48 bits per heavy atom. The van der Waals surface area contributed by atoms with Gasteiger partial charge in [0.05, 0.1) is 17.2 Å². The second-order valence-electron chi connectivity index (χ2n) is 6.95. The average molecular weight is 320 g/mol. The van der Waals surface area contributed by atoms with Crippen LogP contribution in [0, 0.1) is 5.92 Å². The quantitative estimate of drug-likeness (QED) is 0.861. The smallest absolute Gasteiger partial charge is 0.308 e. The van der Waals surface area contributed by atoms with Gasteiger partial charge in [-0.05, 0) is 26.3 Å². The molecular weight excluding hydrogens is 297 g/mol. The molecule has 0 spiro atoms. The summed E-state index contributed by atoms with van der Waals surface area (Å²) in [5, 5.41) is 5.92. The number of alkyl halides is 3. The number of nitrogens with one attached hydrogen (secondary N) is 1. The Labute approximate surface area is 128 Å². The first-order chi connectivity index (χ1) is 9.58. The van der Waals surface area contributed by atoms with Crippen molar-refractivity contribution in [2.24, 2.45) is 5.92 Å². The summed E-state index contributed by atoms with van der Waals surface area (Å²) in [6.07, 6.45) is -2.51. The molecule has 0 saturated heterocycles. The molecule has 21 heavy (non-hydrogen) atoms. The lowest BCUT2D eigenvalue weighted by molar-refractivity contribution is -0.188. The fourth-order valence-electron chi connectivity index (χ4n) is 2.92. The van der Waals surface area contributed by atoms with Gasteiger partial charge in [0.25, 0.3) is 0 Å². The molecule has 0 aromatic carbocycles. The molecule has 2 rings (SSSR count). The van der Waals surface area contributed by atoms with Crippen molar-refractivity contribution in [3.63, 3.8) is 0 Å². The van der Waals surface area contributed by atoms with Gasteiger partial charge in [-0.25, -0.2) is 4.98 Å². The van der Waals surface area contributed by atoms with E-state index in [4.69, 9.17) is 0 Å². The Balaban J connectivity index is 2.31. The molecule has 1 aliphatic rings. The van der Waals surface area contributed by atoms with Crippen molar-refractivity contribution in [1.82, 2.24) is 10.3 Å². The van der Waals surface area contributed by atoms with Gasteiger partial charge in [0, 0.05) is 10.8 Å². The van der Waals surface area contributed by atoms with Crippen molar-refractivity contribution in [1.29, 1.82) is 0 Å². The van der Waals surface area contributed by atoms with E-state index in [1.165, 1.54) is 11.3 Å². The zero-order chi connectivity index (χ0) is 15.9. The second kappa shape index (κ2) is 5.54. The fraction of sp³-hybridized carbons (Fsp3) is 0.800. The summed E-state index contributed by atoms with van der Waals surface area (Å²) < 4.78 is 39.3. The molecule has 1 saturated carbocycles. The monoisotopic (exact) mass is 320 g/mol. The number of rotatable bonds is 2. The zero-order valence-corrected chi connectivity index (χ0v) is 13.8. The summed E-state index contributed by atoms with van der Waals surface area (Å²) in [4.78, 5) is 4.65. The molecule has 1 aromatic heterocycles. The summed E-state index contributed by atoms with van der Waals surface area (Å²) in [5.41, 5.74) is 0.236. The first-order valence-electron chi connectivity index (χ1n) is 7.30. The van der Waals surface area contributed by atoms with E-state index in [1.54, 1.807) is 7.05 Å². The predicted molar refractivity (Wildman–Crippen MR) is 79.6 cm³/mol. The summed E-state index contributed by atoms with van der Waals surface area (Å²) in [5.74, 6) is -1.24. The largest absolute Gasteiger partial charge is 0.391 e. The van der Waals surface area contributed by atoms with Crippen molar-refractivity contribution in [2.45, 2.75) is 63.6 Å². The number of halogens is 3. The van der Waals surface area contributed by atoms with Crippen LogP contribution in [0.5, 0.6) is 0 Å². The van der Waals surface area contributed by atoms with E-state index in [0.29, 0.717) is 12.8 Å². The average Bonchev–Trinajstić information content (AvgIpc) is 2.87. The van der Waals surface area contributed by atoms with Gasteiger partial charge in [0.2, 0.25) is 0 Å². The van der Waals surface area contributed by atoms with Crippen LogP contribution in [0.2, 0.25) is 0 Å². The maximum absolute atomic E-state index is 13.1. The van der Waals surface area contributed by atoms with E-state index in [9.17, 15) is 13.2 Å². The molecule has 2 unspecified atom stereocenters. The first kappa shape index (κ1) is 16.7. The summed E-state index contributed by atoms with van der Waals surface area (Å²) in [7, 11) is 1.75. The SMILES string of the molecule is CNC1(c2nc(C(C)(C)C)cs2)CCCC(C(F)(F)F)C1. The Kier molecular flexibility index (Phi) is 4.42. The van der Waals surface area contributed by atoms with Crippen molar-refractivity contribution >= 4 is 11.3 Å². The number of aromatic nitrogens is 1. The highest BCUT2D eigenvalue weighted by atomic mass is 32.1. The molecule has 0 bridgehead atoms. The molecule has 2 nitrogen and oxygen atoms in total. The normalized spacial score (nSPS) is 27.9. The van der Waals surface area contributed by atoms with Crippen LogP contribution in [0.15, 0.2) is 5.38 Å². The zero-order valence-electron chi connectivity index (χ0n) is 13.0. The minimum Gasteiger partial charge on any atom is -0.308 e. The Morgan fingerprint density at radius 1 is 1.33 bits per heavy atom. The lowest BCUT2D eigenvalue weighted by Gasteiger charge is -2.40. The van der Waals surface area contributed by atoms with Gasteiger partial charge in [-0.15, -0.1) is 11.3 Å². The van der Waals surface area contributed by atoms with Gasteiger partial charge < -0.3 is 5.32 Å². The molecule has 0 amide bonds. The highest BCUT2D eigenvalue weighted by Gasteiger charge is 2.49. The minimum atomic E-state index is -4.12. The molecule has 1 aliphatic carbocycles. The minimum absolute atomic E-state index is 0.0816. The van der Waals surface area contributed by atoms with Gasteiger partial charge in [0.1, 0.15) is 5.01 Å². The molecule has 1 fully saturated rings. The Morgan fingerprint density at radius 2 is 2.00 bits per heavy atom. The molecule has 1 heterocycles. The van der Waals surface area contributed by atoms with Crippen LogP contribution in [-0.4, -0.2) is 18.2 Å². The van der Waals surface area contributed by atoms with E-state index in [-0.39, 0.29) is 18.3 Å². The summed E-state index contributed by atoms with van der Waals surface area (Å²) in [6.45, 7) is 6.20. The van der Waals surface area contributed by atoms with Crippen LogP contribution in [0.4, 0.5) is 13.2 Å². The Hall–Kier alpha value is -0.620. The van der Waals surface area contributed by atoms with Crippen molar-refractivity contribution < 1.29 is 13.2 Å².